The molecule has 0 unspecified atom stereocenters. The van der Waals surface area contributed by atoms with Crippen LogP contribution in [-0.2, 0) is 27.1 Å². The number of methoxy groups -OCH3 is 1. The molecule has 1 saturated heterocycles. The lowest BCUT2D eigenvalue weighted by Crippen LogP contribution is -2.44. The summed E-state index contributed by atoms with van der Waals surface area (Å²) >= 11 is 0. The fraction of sp³-hybridized carbons (Fsp3) is 0.350. The van der Waals surface area contributed by atoms with Gasteiger partial charge in [-0.2, -0.15) is 0 Å². The van der Waals surface area contributed by atoms with Gasteiger partial charge in [-0.3, -0.25) is 4.79 Å². The summed E-state index contributed by atoms with van der Waals surface area (Å²) in [5.41, 5.74) is 2.05. The van der Waals surface area contributed by atoms with Crippen LogP contribution in [0.3, 0.4) is 0 Å². The van der Waals surface area contributed by atoms with Crippen molar-refractivity contribution in [1.82, 2.24) is 4.90 Å². The van der Waals surface area contributed by atoms with Gasteiger partial charge in [-0.1, -0.05) is 48.5 Å². The van der Waals surface area contributed by atoms with Gasteiger partial charge in [-0.25, -0.2) is 0 Å². The molecule has 0 aliphatic carbocycles. The highest BCUT2D eigenvalue weighted by atomic mass is 16.7. The molecule has 5 nitrogen and oxygen atoms in total. The Morgan fingerprint density at radius 1 is 1.12 bits per heavy atom. The Morgan fingerprint density at radius 3 is 2.68 bits per heavy atom. The van der Waals surface area contributed by atoms with Gasteiger partial charge in [-0.05, 0) is 18.1 Å². The van der Waals surface area contributed by atoms with Crippen LogP contribution in [0.4, 0.5) is 0 Å². The summed E-state index contributed by atoms with van der Waals surface area (Å²) in [6.07, 6.45) is 1.01. The molecule has 3 rings (SSSR count). The topological polar surface area (TPSA) is 48.0 Å². The summed E-state index contributed by atoms with van der Waals surface area (Å²) < 4.78 is 16.3. The average Bonchev–Trinajstić information content (AvgIpc) is 2.88. The SMILES string of the molecule is COc1ccccc1CC(=O)N1COCOC[C@@H]1Cc1ccccc1. The number of carbonyl (C=O) groups excluding carboxylic acids is 1. The van der Waals surface area contributed by atoms with Gasteiger partial charge < -0.3 is 19.1 Å². The molecule has 1 atom stereocenters. The number of benzene rings is 2. The van der Waals surface area contributed by atoms with Crippen LogP contribution in [0.5, 0.6) is 5.75 Å². The van der Waals surface area contributed by atoms with Crippen molar-refractivity contribution in [3.05, 3.63) is 65.7 Å². The minimum absolute atomic E-state index is 0.0101. The Morgan fingerprint density at radius 2 is 1.88 bits per heavy atom. The molecule has 1 aliphatic rings. The number of hydrogen-bond acceptors (Lipinski definition) is 4. The zero-order valence-electron chi connectivity index (χ0n) is 14.4. The number of hydrogen-bond donors (Lipinski definition) is 0. The highest BCUT2D eigenvalue weighted by Gasteiger charge is 2.27. The molecule has 25 heavy (non-hydrogen) atoms. The maximum Gasteiger partial charge on any atom is 0.229 e. The van der Waals surface area contributed by atoms with Gasteiger partial charge in [-0.15, -0.1) is 0 Å². The minimum Gasteiger partial charge on any atom is -0.496 e. The zero-order chi connectivity index (χ0) is 17.5. The third-order valence-corrected chi connectivity index (χ3v) is 4.32. The van der Waals surface area contributed by atoms with E-state index in [1.807, 2.05) is 42.5 Å². The first kappa shape index (κ1) is 17.5. The summed E-state index contributed by atoms with van der Waals surface area (Å²) in [6, 6.07) is 17.7. The smallest absolute Gasteiger partial charge is 0.229 e. The molecule has 2 aromatic carbocycles. The van der Waals surface area contributed by atoms with Crippen molar-refractivity contribution in [2.75, 3.05) is 27.2 Å². The van der Waals surface area contributed by atoms with E-state index in [4.69, 9.17) is 14.2 Å². The van der Waals surface area contributed by atoms with Crippen LogP contribution >= 0.6 is 0 Å². The highest BCUT2D eigenvalue weighted by Crippen LogP contribution is 2.20. The van der Waals surface area contributed by atoms with E-state index >= 15 is 0 Å². The van der Waals surface area contributed by atoms with E-state index in [1.54, 1.807) is 12.0 Å². The first-order chi connectivity index (χ1) is 12.3. The van der Waals surface area contributed by atoms with E-state index in [2.05, 4.69) is 12.1 Å². The second-order valence-corrected chi connectivity index (χ2v) is 6.02. The van der Waals surface area contributed by atoms with Crippen LogP contribution < -0.4 is 4.74 Å². The molecule has 1 amide bonds. The molecule has 0 radical (unpaired) electrons. The van der Waals surface area contributed by atoms with Gasteiger partial charge in [0.05, 0.1) is 26.2 Å². The van der Waals surface area contributed by atoms with Gasteiger partial charge >= 0.3 is 0 Å². The molecular formula is C20H23NO4. The van der Waals surface area contributed by atoms with Gasteiger partial charge in [0, 0.05) is 5.56 Å². The van der Waals surface area contributed by atoms with Crippen LogP contribution in [0, 0.1) is 0 Å². The number of rotatable bonds is 5. The molecule has 1 fully saturated rings. The first-order valence-corrected chi connectivity index (χ1v) is 8.38. The van der Waals surface area contributed by atoms with Crippen LogP contribution in [0.2, 0.25) is 0 Å². The lowest BCUT2D eigenvalue weighted by molar-refractivity contribution is -0.138. The molecule has 0 spiro atoms. The lowest BCUT2D eigenvalue weighted by atomic mass is 10.0. The Bertz CT molecular complexity index is 689. The molecular weight excluding hydrogens is 318 g/mol. The monoisotopic (exact) mass is 341 g/mol. The quantitative estimate of drug-likeness (QED) is 0.839. The predicted octanol–water partition coefficient (Wildman–Crippen LogP) is 2.64. The van der Waals surface area contributed by atoms with Crippen LogP contribution in [0.15, 0.2) is 54.6 Å². The molecule has 0 N–H and O–H groups in total. The van der Waals surface area contributed by atoms with Gasteiger partial charge in [0.2, 0.25) is 5.91 Å². The third-order valence-electron chi connectivity index (χ3n) is 4.32. The Balaban J connectivity index is 1.75. The summed E-state index contributed by atoms with van der Waals surface area (Å²) in [6.45, 7) is 0.918. The molecule has 2 aromatic rings. The number of carbonyl (C=O) groups is 1. The number of amides is 1. The third kappa shape index (κ3) is 4.59. The standard InChI is InChI=1S/C20H23NO4/c1-23-19-10-6-5-9-17(19)12-20(22)21-14-25-15-24-13-18(21)11-16-7-3-2-4-8-16/h2-10,18H,11-15H2,1H3/t18-/m0/s1. The fourth-order valence-electron chi connectivity index (χ4n) is 3.02. The van der Waals surface area contributed by atoms with Gasteiger partial charge in [0.25, 0.3) is 0 Å². The molecule has 0 aromatic heterocycles. The highest BCUT2D eigenvalue weighted by molar-refractivity contribution is 5.79. The summed E-state index contributed by atoms with van der Waals surface area (Å²) in [7, 11) is 1.62. The molecule has 5 heteroatoms. The van der Waals surface area contributed by atoms with Gasteiger partial charge in [0.15, 0.2) is 0 Å². The minimum atomic E-state index is -0.0490. The molecule has 1 heterocycles. The van der Waals surface area contributed by atoms with E-state index in [1.165, 1.54) is 5.56 Å². The zero-order valence-corrected chi connectivity index (χ0v) is 14.4. The number of ether oxygens (including phenoxy) is 3. The van der Waals surface area contributed by atoms with Crippen LogP contribution in [0.1, 0.15) is 11.1 Å². The fourth-order valence-corrected chi connectivity index (χ4v) is 3.02. The van der Waals surface area contributed by atoms with E-state index < -0.39 is 0 Å². The lowest BCUT2D eigenvalue weighted by Gasteiger charge is -2.29. The van der Waals surface area contributed by atoms with E-state index in [0.717, 1.165) is 17.7 Å². The normalized spacial score (nSPS) is 17.8. The van der Waals surface area contributed by atoms with E-state index in [-0.39, 0.29) is 31.9 Å². The molecule has 132 valence electrons. The average molecular weight is 341 g/mol. The maximum atomic E-state index is 12.9. The van der Waals surface area contributed by atoms with E-state index in [9.17, 15) is 4.79 Å². The Hall–Kier alpha value is -2.37. The van der Waals surface area contributed by atoms with Gasteiger partial charge in [0.1, 0.15) is 19.3 Å². The maximum absolute atomic E-state index is 12.9. The number of nitrogens with zero attached hydrogens (tertiary/aromatic N) is 1. The number of para-hydroxylation sites is 1. The van der Waals surface area contributed by atoms with Crippen molar-refractivity contribution in [1.29, 1.82) is 0 Å². The Labute approximate surface area is 148 Å². The summed E-state index contributed by atoms with van der Waals surface area (Å²) in [4.78, 5) is 14.7. The first-order valence-electron chi connectivity index (χ1n) is 8.38. The Kier molecular flexibility index (Phi) is 6.04. The van der Waals surface area contributed by atoms with Crippen molar-refractivity contribution < 1.29 is 19.0 Å². The van der Waals surface area contributed by atoms with Crippen molar-refractivity contribution in [3.8, 4) is 5.75 Å². The molecule has 1 aliphatic heterocycles. The van der Waals surface area contributed by atoms with Crippen LogP contribution in [-0.4, -0.2) is 44.1 Å². The van der Waals surface area contributed by atoms with Crippen molar-refractivity contribution in [2.24, 2.45) is 0 Å². The summed E-state index contributed by atoms with van der Waals surface area (Å²) in [5.74, 6) is 0.735. The second-order valence-electron chi connectivity index (χ2n) is 6.02. The largest absolute Gasteiger partial charge is 0.496 e. The molecule has 0 saturated carbocycles. The van der Waals surface area contributed by atoms with E-state index in [0.29, 0.717) is 6.61 Å². The van der Waals surface area contributed by atoms with Crippen LogP contribution in [0.25, 0.3) is 0 Å². The molecule has 0 bridgehead atoms. The van der Waals surface area contributed by atoms with Crippen molar-refractivity contribution >= 4 is 5.91 Å². The summed E-state index contributed by atoms with van der Waals surface area (Å²) in [5, 5.41) is 0. The second kappa shape index (κ2) is 8.65. The van der Waals surface area contributed by atoms with Crippen molar-refractivity contribution in [3.63, 3.8) is 0 Å². The van der Waals surface area contributed by atoms with Crippen molar-refractivity contribution in [2.45, 2.75) is 18.9 Å². The predicted molar refractivity (Wildman–Crippen MR) is 94.2 cm³/mol.